The van der Waals surface area contributed by atoms with Gasteiger partial charge in [0.1, 0.15) is 17.3 Å². The van der Waals surface area contributed by atoms with Crippen molar-refractivity contribution < 1.29 is 29.0 Å². The van der Waals surface area contributed by atoms with Gasteiger partial charge in [-0.25, -0.2) is 0 Å². The van der Waals surface area contributed by atoms with Gasteiger partial charge < -0.3 is 24.4 Å². The highest BCUT2D eigenvalue weighted by molar-refractivity contribution is 6.46. The lowest BCUT2D eigenvalue weighted by Gasteiger charge is -2.28. The van der Waals surface area contributed by atoms with Crippen LogP contribution in [0.4, 0.5) is 0 Å². The molecule has 37 heavy (non-hydrogen) atoms. The lowest BCUT2D eigenvalue weighted by molar-refractivity contribution is -0.140. The summed E-state index contributed by atoms with van der Waals surface area (Å²) in [6, 6.07) is 11.1. The Balaban J connectivity index is 2.11. The third-order valence-corrected chi connectivity index (χ3v) is 6.44. The van der Waals surface area contributed by atoms with E-state index in [-0.39, 0.29) is 11.3 Å². The van der Waals surface area contributed by atoms with Crippen molar-refractivity contribution in [3.63, 3.8) is 0 Å². The zero-order chi connectivity index (χ0) is 27.1. The number of ether oxygens (including phenoxy) is 2. The second-order valence-electron chi connectivity index (χ2n) is 9.01. The predicted octanol–water partition coefficient (Wildman–Crippen LogP) is 4.47. The third kappa shape index (κ3) is 6.38. The van der Waals surface area contributed by atoms with Crippen molar-refractivity contribution in [2.45, 2.75) is 47.1 Å². The number of ketones is 1. The molecular weight excluding hydrogens is 472 g/mol. The summed E-state index contributed by atoms with van der Waals surface area (Å²) >= 11 is 0. The fourth-order valence-electron chi connectivity index (χ4n) is 4.49. The molecule has 0 bridgehead atoms. The van der Waals surface area contributed by atoms with Crippen LogP contribution in [0.25, 0.3) is 5.76 Å². The van der Waals surface area contributed by atoms with Crippen LogP contribution < -0.4 is 9.47 Å². The first-order valence-electron chi connectivity index (χ1n) is 12.7. The number of hydrogen-bond acceptors (Lipinski definition) is 7. The highest BCUT2D eigenvalue weighted by Crippen LogP contribution is 2.40. The molecule has 1 aliphatic heterocycles. The monoisotopic (exact) mass is 508 g/mol. The van der Waals surface area contributed by atoms with Crippen molar-refractivity contribution in [1.29, 1.82) is 0 Å². The van der Waals surface area contributed by atoms with Gasteiger partial charge in [0, 0.05) is 25.6 Å². The maximum atomic E-state index is 13.3. The molecule has 1 aliphatic rings. The van der Waals surface area contributed by atoms with Crippen LogP contribution in [-0.4, -0.2) is 65.4 Å². The number of likely N-dealkylation sites (N-methyl/N-ethyl adjacent to an activating group) is 1. The minimum absolute atomic E-state index is 0.00569. The van der Waals surface area contributed by atoms with E-state index >= 15 is 0 Å². The summed E-state index contributed by atoms with van der Waals surface area (Å²) in [5.41, 5.74) is 1.80. The van der Waals surface area contributed by atoms with Gasteiger partial charge >= 0.3 is 5.97 Å². The first-order valence-corrected chi connectivity index (χ1v) is 12.7. The average molecular weight is 509 g/mol. The second-order valence-corrected chi connectivity index (χ2v) is 9.01. The maximum Gasteiger partial charge on any atom is 0.308 e. The molecule has 0 aliphatic carbocycles. The lowest BCUT2D eigenvalue weighted by atomic mass is 9.94. The minimum Gasteiger partial charge on any atom is -0.507 e. The van der Waals surface area contributed by atoms with Crippen LogP contribution in [0, 0.1) is 6.92 Å². The number of nitrogens with zero attached hydrogens (tertiary/aromatic N) is 2. The number of hydrogen-bond donors (Lipinski definition) is 1. The highest BCUT2D eigenvalue weighted by atomic mass is 16.5. The van der Waals surface area contributed by atoms with E-state index < -0.39 is 23.7 Å². The summed E-state index contributed by atoms with van der Waals surface area (Å²) in [4.78, 5) is 41.7. The number of rotatable bonds is 11. The molecule has 198 valence electrons. The molecule has 1 amide bonds. The normalized spacial score (nSPS) is 16.9. The molecule has 0 spiro atoms. The Labute approximate surface area is 218 Å². The van der Waals surface area contributed by atoms with Crippen molar-refractivity contribution in [2.24, 2.45) is 0 Å². The van der Waals surface area contributed by atoms with Crippen molar-refractivity contribution in [3.8, 4) is 11.5 Å². The zero-order valence-electron chi connectivity index (χ0n) is 22.2. The van der Waals surface area contributed by atoms with Gasteiger partial charge in [-0.15, -0.1) is 0 Å². The van der Waals surface area contributed by atoms with Crippen LogP contribution in [0.5, 0.6) is 11.5 Å². The van der Waals surface area contributed by atoms with Crippen LogP contribution in [-0.2, 0) is 14.4 Å². The van der Waals surface area contributed by atoms with E-state index in [2.05, 4.69) is 4.90 Å². The van der Waals surface area contributed by atoms with E-state index in [4.69, 9.17) is 9.47 Å². The van der Waals surface area contributed by atoms with Crippen molar-refractivity contribution >= 4 is 23.4 Å². The quantitative estimate of drug-likeness (QED) is 0.157. The molecule has 2 aromatic rings. The highest BCUT2D eigenvalue weighted by Gasteiger charge is 2.46. The van der Waals surface area contributed by atoms with E-state index in [1.54, 1.807) is 42.5 Å². The smallest absolute Gasteiger partial charge is 0.308 e. The van der Waals surface area contributed by atoms with E-state index in [9.17, 15) is 19.5 Å². The SMILES string of the molecule is CCCOc1ccc(/C(O)=C2\C(=O)C(=O)N(CCN(CC)CC)C2c2cccc(OC(C)=O)c2)cc1C. The molecule has 1 N–H and O–H groups in total. The van der Waals surface area contributed by atoms with Crippen LogP contribution in [0.1, 0.15) is 56.8 Å². The van der Waals surface area contributed by atoms with E-state index in [1.165, 1.54) is 11.8 Å². The van der Waals surface area contributed by atoms with Crippen molar-refractivity contribution in [1.82, 2.24) is 9.80 Å². The van der Waals surface area contributed by atoms with Gasteiger partial charge in [0.05, 0.1) is 18.2 Å². The van der Waals surface area contributed by atoms with Gasteiger partial charge in [-0.05, 0) is 67.9 Å². The van der Waals surface area contributed by atoms with Gasteiger partial charge in [-0.3, -0.25) is 14.4 Å². The molecule has 1 fully saturated rings. The number of carbonyl (C=O) groups excluding carboxylic acids is 3. The topological polar surface area (TPSA) is 96.4 Å². The Morgan fingerprint density at radius 2 is 1.81 bits per heavy atom. The van der Waals surface area contributed by atoms with Crippen LogP contribution in [0.2, 0.25) is 0 Å². The Kier molecular flexibility index (Phi) is 9.47. The molecule has 8 heteroatoms. The van der Waals surface area contributed by atoms with Gasteiger partial charge in [-0.1, -0.05) is 32.9 Å². The molecule has 0 aromatic heterocycles. The van der Waals surface area contributed by atoms with E-state index in [1.807, 2.05) is 27.7 Å². The summed E-state index contributed by atoms with van der Waals surface area (Å²) < 4.78 is 11.0. The van der Waals surface area contributed by atoms with Gasteiger partial charge in [-0.2, -0.15) is 0 Å². The summed E-state index contributed by atoms with van der Waals surface area (Å²) in [7, 11) is 0. The Bertz CT molecular complexity index is 1180. The number of likely N-dealkylation sites (tertiary alicyclic amines) is 1. The van der Waals surface area contributed by atoms with E-state index in [0.717, 1.165) is 25.1 Å². The lowest BCUT2D eigenvalue weighted by Crippen LogP contribution is -2.38. The number of aliphatic hydroxyl groups excluding tert-OH is 1. The number of amides is 1. The fraction of sp³-hybridized carbons (Fsp3) is 0.414. The third-order valence-electron chi connectivity index (χ3n) is 6.44. The Morgan fingerprint density at radius 3 is 2.43 bits per heavy atom. The number of aryl methyl sites for hydroxylation is 1. The zero-order valence-corrected chi connectivity index (χ0v) is 22.2. The first kappa shape index (κ1) is 27.9. The van der Waals surface area contributed by atoms with Gasteiger partial charge in [0.2, 0.25) is 0 Å². The largest absolute Gasteiger partial charge is 0.507 e. The van der Waals surface area contributed by atoms with Crippen molar-refractivity contribution in [2.75, 3.05) is 32.8 Å². The molecule has 0 saturated carbocycles. The minimum atomic E-state index is -0.831. The summed E-state index contributed by atoms with van der Waals surface area (Å²) in [5, 5.41) is 11.4. The number of aliphatic hydroxyl groups is 1. The van der Waals surface area contributed by atoms with E-state index in [0.29, 0.717) is 42.3 Å². The Hall–Kier alpha value is -3.65. The molecule has 1 atom stereocenters. The summed E-state index contributed by atoms with van der Waals surface area (Å²) in [6.45, 7) is 12.3. The summed E-state index contributed by atoms with van der Waals surface area (Å²) in [6.07, 6.45) is 0.866. The molecule has 1 heterocycles. The average Bonchev–Trinajstić information content (AvgIpc) is 3.13. The maximum absolute atomic E-state index is 13.3. The van der Waals surface area contributed by atoms with Crippen molar-refractivity contribution in [3.05, 3.63) is 64.7 Å². The van der Waals surface area contributed by atoms with Crippen LogP contribution in [0.3, 0.4) is 0 Å². The van der Waals surface area contributed by atoms with Gasteiger partial charge in [0.25, 0.3) is 11.7 Å². The molecule has 0 radical (unpaired) electrons. The molecule has 1 unspecified atom stereocenters. The first-order chi connectivity index (χ1) is 17.7. The molecule has 1 saturated heterocycles. The fourth-order valence-corrected chi connectivity index (χ4v) is 4.49. The number of Topliss-reactive ketones (excluding diaryl/α,β-unsaturated/α-hetero) is 1. The summed E-state index contributed by atoms with van der Waals surface area (Å²) in [5.74, 6) is -1.15. The molecule has 8 nitrogen and oxygen atoms in total. The van der Waals surface area contributed by atoms with Gasteiger partial charge in [0.15, 0.2) is 0 Å². The Morgan fingerprint density at radius 1 is 1.08 bits per heavy atom. The van der Waals surface area contributed by atoms with Crippen LogP contribution in [0.15, 0.2) is 48.0 Å². The van der Waals surface area contributed by atoms with Crippen LogP contribution >= 0.6 is 0 Å². The molecular formula is C29H36N2O6. The number of carbonyl (C=O) groups is 3. The number of benzene rings is 2. The molecule has 2 aromatic carbocycles. The number of esters is 1. The molecule has 3 rings (SSSR count). The second kappa shape index (κ2) is 12.5. The predicted molar refractivity (Wildman–Crippen MR) is 142 cm³/mol. The standard InChI is InChI=1S/C29H36N2O6/c1-6-16-36-24-13-12-22(17-19(24)4)27(33)25-26(21-10-9-11-23(18-21)37-20(5)32)31(29(35)28(25)34)15-14-30(7-2)8-3/h9-13,17-18,26,33H,6-8,14-16H2,1-5H3/b27-25+.